The van der Waals surface area contributed by atoms with Gasteiger partial charge in [0.25, 0.3) is 0 Å². The van der Waals surface area contributed by atoms with Gasteiger partial charge in [0, 0.05) is 37.6 Å². The Balaban J connectivity index is 1.40. The van der Waals surface area contributed by atoms with Crippen LogP contribution in [0.3, 0.4) is 0 Å². The van der Waals surface area contributed by atoms with Gasteiger partial charge in [-0.25, -0.2) is 0 Å². The first kappa shape index (κ1) is 21.9. The Labute approximate surface area is 176 Å². The van der Waals surface area contributed by atoms with Crippen molar-refractivity contribution in [3.63, 3.8) is 0 Å². The van der Waals surface area contributed by atoms with E-state index in [9.17, 15) is 22.8 Å². The molecule has 2 saturated carbocycles. The molecule has 0 bridgehead atoms. The van der Waals surface area contributed by atoms with Gasteiger partial charge in [-0.15, -0.1) is 0 Å². The largest absolute Gasteiger partial charge is 0.391 e. The molecule has 0 spiro atoms. The topological polar surface area (TPSA) is 52.7 Å². The summed E-state index contributed by atoms with van der Waals surface area (Å²) in [6.07, 6.45) is 1.13. The number of likely N-dealkylation sites (tertiary alicyclic amines) is 2. The molecule has 2 amide bonds. The second kappa shape index (κ2) is 8.67. The van der Waals surface area contributed by atoms with E-state index >= 15 is 0 Å². The number of nitrogens with zero attached hydrogens (tertiary/aromatic N) is 2. The Kier molecular flexibility index (Phi) is 6.33. The van der Waals surface area contributed by atoms with Gasteiger partial charge in [0.15, 0.2) is 0 Å². The van der Waals surface area contributed by atoms with Crippen LogP contribution in [0.1, 0.15) is 58.3 Å². The van der Waals surface area contributed by atoms with Crippen LogP contribution in [-0.4, -0.2) is 66.1 Å². The summed E-state index contributed by atoms with van der Waals surface area (Å²) in [5.74, 6) is -0.536. The highest BCUT2D eigenvalue weighted by atomic mass is 19.4. The van der Waals surface area contributed by atoms with E-state index in [1.807, 2.05) is 0 Å². The van der Waals surface area contributed by atoms with Crippen LogP contribution in [0.5, 0.6) is 0 Å². The predicted octanol–water partition coefficient (Wildman–Crippen LogP) is 3.19. The Hall–Kier alpha value is -1.31. The lowest BCUT2D eigenvalue weighted by molar-refractivity contribution is -0.187. The summed E-state index contributed by atoms with van der Waals surface area (Å²) in [7, 11) is 0. The van der Waals surface area contributed by atoms with Crippen molar-refractivity contribution in [3.05, 3.63) is 0 Å². The molecule has 4 unspecified atom stereocenters. The molecule has 8 heteroatoms. The minimum absolute atomic E-state index is 0.00739. The number of carbonyl (C=O) groups excluding carboxylic acids is 2. The number of hydrogen-bond donors (Lipinski definition) is 1. The Morgan fingerprint density at radius 1 is 0.933 bits per heavy atom. The first-order valence-electron chi connectivity index (χ1n) is 11.6. The van der Waals surface area contributed by atoms with Gasteiger partial charge in [-0.05, 0) is 63.8 Å². The van der Waals surface area contributed by atoms with E-state index < -0.39 is 12.1 Å². The molecule has 0 radical (unpaired) electrons. The zero-order valence-electron chi connectivity index (χ0n) is 17.8. The summed E-state index contributed by atoms with van der Waals surface area (Å²) in [5, 5.41) is 3.19. The minimum Gasteiger partial charge on any atom is -0.353 e. The molecule has 4 fully saturated rings. The number of piperidine rings is 1. The molecule has 2 saturated heterocycles. The maximum absolute atomic E-state index is 13.3. The van der Waals surface area contributed by atoms with Gasteiger partial charge in [-0.1, -0.05) is 6.92 Å². The van der Waals surface area contributed by atoms with Crippen molar-refractivity contribution in [2.45, 2.75) is 76.6 Å². The van der Waals surface area contributed by atoms with Crippen LogP contribution in [0.15, 0.2) is 0 Å². The molecule has 4 rings (SSSR count). The van der Waals surface area contributed by atoms with Gasteiger partial charge < -0.3 is 10.2 Å². The molecule has 2 aliphatic carbocycles. The van der Waals surface area contributed by atoms with E-state index in [-0.39, 0.29) is 61.7 Å². The predicted molar refractivity (Wildman–Crippen MR) is 106 cm³/mol. The summed E-state index contributed by atoms with van der Waals surface area (Å²) in [4.78, 5) is 29.6. The number of hydrogen-bond acceptors (Lipinski definition) is 3. The third kappa shape index (κ3) is 4.94. The van der Waals surface area contributed by atoms with Gasteiger partial charge in [-0.3, -0.25) is 14.5 Å². The van der Waals surface area contributed by atoms with Gasteiger partial charge in [0.2, 0.25) is 11.8 Å². The molecule has 1 N–H and O–H groups in total. The number of carbonyl (C=O) groups is 2. The number of halogens is 3. The van der Waals surface area contributed by atoms with Gasteiger partial charge >= 0.3 is 6.18 Å². The third-order valence-electron chi connectivity index (χ3n) is 7.62. The summed E-state index contributed by atoms with van der Waals surface area (Å²) in [6.45, 7) is 4.52. The maximum atomic E-state index is 13.3. The number of rotatable bonds is 4. The molecule has 2 heterocycles. The lowest BCUT2D eigenvalue weighted by Crippen LogP contribution is -2.55. The van der Waals surface area contributed by atoms with Crippen molar-refractivity contribution in [2.75, 3.05) is 26.2 Å². The molecule has 0 aromatic rings. The second-order valence-corrected chi connectivity index (χ2v) is 10.00. The van der Waals surface area contributed by atoms with E-state index in [1.54, 1.807) is 4.90 Å². The van der Waals surface area contributed by atoms with Crippen LogP contribution in [0.4, 0.5) is 13.2 Å². The van der Waals surface area contributed by atoms with E-state index in [0.29, 0.717) is 12.3 Å². The highest BCUT2D eigenvalue weighted by molar-refractivity contribution is 5.81. The Morgan fingerprint density at radius 3 is 2.20 bits per heavy atom. The van der Waals surface area contributed by atoms with Crippen LogP contribution in [-0.2, 0) is 9.59 Å². The molecule has 30 heavy (non-hydrogen) atoms. The Morgan fingerprint density at radius 2 is 1.63 bits per heavy atom. The standard InChI is InChI=1S/C22H34F3N3O2/c1-14-6-9-28(13-14)19-12-17(26-20(29)15-2-3-15)4-5-18(19)21(30)27-10-7-16(8-11-27)22(23,24)25/h14-19H,2-13H2,1H3,(H,26,29). The van der Waals surface area contributed by atoms with Crippen molar-refractivity contribution in [3.8, 4) is 0 Å². The zero-order chi connectivity index (χ0) is 21.5. The van der Waals surface area contributed by atoms with E-state index in [0.717, 1.165) is 45.2 Å². The maximum Gasteiger partial charge on any atom is 0.391 e. The van der Waals surface area contributed by atoms with Crippen molar-refractivity contribution in [1.82, 2.24) is 15.1 Å². The average Bonchev–Trinajstić information content (AvgIpc) is 3.48. The SMILES string of the molecule is CC1CCN(C2CC(NC(=O)C3CC3)CCC2C(=O)N2CCC(C(F)(F)F)CC2)C1. The average molecular weight is 430 g/mol. The first-order valence-corrected chi connectivity index (χ1v) is 11.6. The van der Waals surface area contributed by atoms with Crippen LogP contribution >= 0.6 is 0 Å². The lowest BCUT2D eigenvalue weighted by atomic mass is 9.79. The molecular weight excluding hydrogens is 395 g/mol. The summed E-state index contributed by atoms with van der Waals surface area (Å²) in [6, 6.07) is 0.167. The van der Waals surface area contributed by atoms with Crippen LogP contribution < -0.4 is 5.32 Å². The summed E-state index contributed by atoms with van der Waals surface area (Å²) < 4.78 is 39.0. The van der Waals surface area contributed by atoms with Gasteiger partial charge in [0.05, 0.1) is 11.8 Å². The highest BCUT2D eigenvalue weighted by Gasteiger charge is 2.45. The molecule has 4 atom stereocenters. The Bertz CT molecular complexity index is 644. The van der Waals surface area contributed by atoms with Gasteiger partial charge in [-0.2, -0.15) is 13.2 Å². The number of amides is 2. The molecule has 170 valence electrons. The number of nitrogens with one attached hydrogen (secondary N) is 1. The van der Waals surface area contributed by atoms with Crippen molar-refractivity contribution in [1.29, 1.82) is 0 Å². The lowest BCUT2D eigenvalue weighted by Gasteiger charge is -2.43. The van der Waals surface area contributed by atoms with E-state index in [2.05, 4.69) is 17.1 Å². The molecule has 4 aliphatic rings. The quantitative estimate of drug-likeness (QED) is 0.747. The fourth-order valence-electron chi connectivity index (χ4n) is 5.57. The van der Waals surface area contributed by atoms with Crippen molar-refractivity contribution >= 4 is 11.8 Å². The fraction of sp³-hybridized carbons (Fsp3) is 0.909. The van der Waals surface area contributed by atoms with Crippen molar-refractivity contribution < 1.29 is 22.8 Å². The minimum atomic E-state index is -4.17. The summed E-state index contributed by atoms with van der Waals surface area (Å²) in [5.41, 5.74) is 0. The monoisotopic (exact) mass is 429 g/mol. The smallest absolute Gasteiger partial charge is 0.353 e. The molecule has 0 aromatic carbocycles. The van der Waals surface area contributed by atoms with Crippen LogP contribution in [0, 0.1) is 23.7 Å². The summed E-state index contributed by atoms with van der Waals surface area (Å²) >= 11 is 0. The zero-order valence-corrected chi connectivity index (χ0v) is 17.8. The second-order valence-electron chi connectivity index (χ2n) is 10.00. The first-order chi connectivity index (χ1) is 14.2. The molecule has 2 aliphatic heterocycles. The molecule has 5 nitrogen and oxygen atoms in total. The third-order valence-corrected chi connectivity index (χ3v) is 7.62. The van der Waals surface area contributed by atoms with Crippen LogP contribution in [0.2, 0.25) is 0 Å². The number of alkyl halides is 3. The normalized spacial score (nSPS) is 34.2. The van der Waals surface area contributed by atoms with Crippen molar-refractivity contribution in [2.24, 2.45) is 23.7 Å². The van der Waals surface area contributed by atoms with Crippen LogP contribution in [0.25, 0.3) is 0 Å². The molecule has 0 aromatic heterocycles. The fourth-order valence-corrected chi connectivity index (χ4v) is 5.57. The molecular formula is C22H34F3N3O2. The van der Waals surface area contributed by atoms with Gasteiger partial charge in [0.1, 0.15) is 0 Å². The van der Waals surface area contributed by atoms with E-state index in [4.69, 9.17) is 0 Å². The van der Waals surface area contributed by atoms with E-state index in [1.165, 1.54) is 0 Å². The highest BCUT2D eigenvalue weighted by Crippen LogP contribution is 2.37.